The normalized spacial score (nSPS) is 27.0. The zero-order valence-corrected chi connectivity index (χ0v) is 16.0. The van der Waals surface area contributed by atoms with Crippen LogP contribution in [0.25, 0.3) is 5.57 Å². The lowest BCUT2D eigenvalue weighted by Crippen LogP contribution is -2.32. The van der Waals surface area contributed by atoms with E-state index in [2.05, 4.69) is 31.2 Å². The number of rotatable bonds is 1. The highest BCUT2D eigenvalue weighted by Gasteiger charge is 2.41. The van der Waals surface area contributed by atoms with Gasteiger partial charge in [-0.05, 0) is 49.2 Å². The molecule has 1 radical (unpaired) electrons. The van der Waals surface area contributed by atoms with Gasteiger partial charge in [-0.15, -0.1) is 0 Å². The van der Waals surface area contributed by atoms with Crippen molar-refractivity contribution in [3.05, 3.63) is 35.5 Å². The third-order valence-corrected chi connectivity index (χ3v) is 7.12. The van der Waals surface area contributed by atoms with Crippen molar-refractivity contribution in [1.82, 2.24) is 5.32 Å². The van der Waals surface area contributed by atoms with Crippen molar-refractivity contribution < 1.29 is 0 Å². The van der Waals surface area contributed by atoms with E-state index in [0.717, 1.165) is 0 Å². The molecule has 0 amide bonds. The highest BCUT2D eigenvalue weighted by atomic mass is 14.9. The maximum atomic E-state index is 5.17. The summed E-state index contributed by atoms with van der Waals surface area (Å²) in [6, 6.07) is 8.83. The number of hydrogen-bond donors (Lipinski definition) is 0. The topological polar surface area (TPSA) is 14.1 Å². The van der Waals surface area contributed by atoms with Crippen LogP contribution < -0.4 is 5.32 Å². The second-order valence-corrected chi connectivity index (χ2v) is 8.92. The Hall–Kier alpha value is -1.24. The summed E-state index contributed by atoms with van der Waals surface area (Å²) in [6.45, 7) is 2.60. The van der Waals surface area contributed by atoms with E-state index in [-0.39, 0.29) is 0 Å². The van der Waals surface area contributed by atoms with E-state index in [1.165, 1.54) is 100 Å². The summed E-state index contributed by atoms with van der Waals surface area (Å²) in [4.78, 5) is 0. The second-order valence-electron chi connectivity index (χ2n) is 8.92. The minimum Gasteiger partial charge on any atom is -0.252 e. The Bertz CT molecular complexity index is 615. The van der Waals surface area contributed by atoms with Crippen LogP contribution >= 0.6 is 0 Å². The van der Waals surface area contributed by atoms with Gasteiger partial charge in [-0.1, -0.05) is 76.5 Å². The molecule has 0 saturated heterocycles. The van der Waals surface area contributed by atoms with Crippen LogP contribution in [0.5, 0.6) is 0 Å². The van der Waals surface area contributed by atoms with Gasteiger partial charge in [-0.3, -0.25) is 5.32 Å². The summed E-state index contributed by atoms with van der Waals surface area (Å²) in [5.74, 6) is 0.685. The first-order chi connectivity index (χ1) is 12.3. The summed E-state index contributed by atoms with van der Waals surface area (Å²) >= 11 is 0. The molecule has 1 aliphatic heterocycles. The first kappa shape index (κ1) is 17.2. The van der Waals surface area contributed by atoms with E-state index < -0.39 is 0 Å². The molecule has 0 spiro atoms. The van der Waals surface area contributed by atoms with Gasteiger partial charge in [0.1, 0.15) is 0 Å². The van der Waals surface area contributed by atoms with Crippen LogP contribution in [0, 0.1) is 11.3 Å². The Labute approximate surface area is 154 Å². The van der Waals surface area contributed by atoms with Crippen molar-refractivity contribution in [3.8, 4) is 0 Å². The summed E-state index contributed by atoms with van der Waals surface area (Å²) in [6.07, 6.45) is 18.3. The third kappa shape index (κ3) is 3.52. The molecule has 1 heterocycles. The number of hydrogen-bond acceptors (Lipinski definition) is 0. The SMILES string of the molecule is CC1(C2CCCC3=C2[N]c2ccccc23)CCCCCCCCCC1. The highest BCUT2D eigenvalue weighted by molar-refractivity contribution is 5.82. The Morgan fingerprint density at radius 2 is 1.48 bits per heavy atom. The van der Waals surface area contributed by atoms with Gasteiger partial charge in [0, 0.05) is 17.2 Å². The Morgan fingerprint density at radius 3 is 2.20 bits per heavy atom. The molecule has 1 heteroatoms. The van der Waals surface area contributed by atoms with Crippen LogP contribution in [-0.2, 0) is 0 Å². The quantitative estimate of drug-likeness (QED) is 0.508. The zero-order chi connectivity index (χ0) is 17.1. The Kier molecular flexibility index (Phi) is 5.20. The fourth-order valence-corrected chi connectivity index (χ4v) is 5.60. The number of para-hydroxylation sites is 1. The van der Waals surface area contributed by atoms with Crippen molar-refractivity contribution in [1.29, 1.82) is 0 Å². The molecule has 0 bridgehead atoms. The fraction of sp³-hybridized carbons (Fsp3) is 0.667. The van der Waals surface area contributed by atoms with Crippen LogP contribution in [-0.4, -0.2) is 0 Å². The van der Waals surface area contributed by atoms with E-state index in [0.29, 0.717) is 11.3 Å². The number of benzene rings is 1. The van der Waals surface area contributed by atoms with E-state index in [9.17, 15) is 0 Å². The van der Waals surface area contributed by atoms with E-state index in [4.69, 9.17) is 5.32 Å². The lowest BCUT2D eigenvalue weighted by Gasteiger charge is -2.41. The monoisotopic (exact) mass is 336 g/mol. The van der Waals surface area contributed by atoms with Gasteiger partial charge in [-0.25, -0.2) is 0 Å². The van der Waals surface area contributed by atoms with Crippen molar-refractivity contribution in [2.24, 2.45) is 11.3 Å². The van der Waals surface area contributed by atoms with Crippen molar-refractivity contribution >= 4 is 11.3 Å². The van der Waals surface area contributed by atoms with E-state index in [1.54, 1.807) is 5.57 Å². The Balaban J connectivity index is 1.59. The molecule has 1 aromatic rings. The number of nitrogens with zero attached hydrogens (tertiary/aromatic N) is 1. The van der Waals surface area contributed by atoms with Crippen LogP contribution in [0.3, 0.4) is 0 Å². The van der Waals surface area contributed by atoms with Crippen molar-refractivity contribution in [3.63, 3.8) is 0 Å². The predicted octanol–water partition coefficient (Wildman–Crippen LogP) is 7.37. The molecule has 0 aromatic heterocycles. The molecule has 1 nitrogen and oxygen atoms in total. The summed E-state index contributed by atoms with van der Waals surface area (Å²) in [5.41, 5.74) is 6.19. The van der Waals surface area contributed by atoms with E-state index in [1.807, 2.05) is 0 Å². The Morgan fingerprint density at radius 1 is 0.840 bits per heavy atom. The maximum absolute atomic E-state index is 5.17. The van der Waals surface area contributed by atoms with E-state index >= 15 is 0 Å². The molecule has 3 aliphatic rings. The lowest BCUT2D eigenvalue weighted by atomic mass is 9.64. The van der Waals surface area contributed by atoms with Gasteiger partial charge < -0.3 is 0 Å². The molecule has 1 aromatic carbocycles. The second kappa shape index (κ2) is 7.56. The molecular weight excluding hydrogens is 302 g/mol. The molecule has 25 heavy (non-hydrogen) atoms. The predicted molar refractivity (Wildman–Crippen MR) is 107 cm³/mol. The van der Waals surface area contributed by atoms with Crippen LogP contribution in [0.1, 0.15) is 96.0 Å². The average Bonchev–Trinajstić information content (AvgIpc) is 2.99. The summed E-state index contributed by atoms with van der Waals surface area (Å²) in [5, 5.41) is 5.17. The van der Waals surface area contributed by atoms with Gasteiger partial charge in [0.05, 0.1) is 5.69 Å². The molecule has 1 atom stereocenters. The van der Waals surface area contributed by atoms with Gasteiger partial charge in [-0.2, -0.15) is 0 Å². The van der Waals surface area contributed by atoms with Crippen molar-refractivity contribution in [2.75, 3.05) is 0 Å². The third-order valence-electron chi connectivity index (χ3n) is 7.12. The smallest absolute Gasteiger partial charge is 0.0708 e. The fourth-order valence-electron chi connectivity index (χ4n) is 5.60. The number of fused-ring (bicyclic) bond motifs is 2. The number of allylic oxidation sites excluding steroid dienone is 2. The summed E-state index contributed by atoms with van der Waals surface area (Å²) in [7, 11) is 0. The maximum Gasteiger partial charge on any atom is 0.0708 e. The molecule has 0 N–H and O–H groups in total. The van der Waals surface area contributed by atoms with Crippen LogP contribution in [0.15, 0.2) is 30.0 Å². The minimum atomic E-state index is 0.455. The first-order valence-electron chi connectivity index (χ1n) is 10.8. The van der Waals surface area contributed by atoms with Gasteiger partial charge >= 0.3 is 0 Å². The molecular formula is C24H34N. The molecule has 1 saturated carbocycles. The minimum absolute atomic E-state index is 0.455. The largest absolute Gasteiger partial charge is 0.252 e. The molecule has 4 rings (SSSR count). The van der Waals surface area contributed by atoms with Gasteiger partial charge in [0.15, 0.2) is 0 Å². The molecule has 135 valence electrons. The first-order valence-corrected chi connectivity index (χ1v) is 10.8. The average molecular weight is 337 g/mol. The van der Waals surface area contributed by atoms with Gasteiger partial charge in [0.2, 0.25) is 0 Å². The zero-order valence-electron chi connectivity index (χ0n) is 16.0. The molecule has 1 unspecified atom stereocenters. The van der Waals surface area contributed by atoms with Crippen LogP contribution in [0.2, 0.25) is 0 Å². The molecule has 1 fully saturated rings. The van der Waals surface area contributed by atoms with Gasteiger partial charge in [0.25, 0.3) is 0 Å². The van der Waals surface area contributed by atoms with Crippen molar-refractivity contribution in [2.45, 2.75) is 90.4 Å². The highest BCUT2D eigenvalue weighted by Crippen LogP contribution is 2.53. The lowest BCUT2D eigenvalue weighted by molar-refractivity contribution is 0.151. The molecule has 2 aliphatic carbocycles. The summed E-state index contributed by atoms with van der Waals surface area (Å²) < 4.78 is 0. The standard InChI is InChI=1S/C24H34N/c1-24(17-10-6-4-2-3-5-7-11-18-24)21-15-12-14-20-19-13-8-9-16-22(19)25-23(20)21/h8-9,13,16,21H,2-7,10-12,14-15,17-18H2,1H3. The van der Waals surface area contributed by atoms with Crippen LogP contribution in [0.4, 0.5) is 5.69 Å².